The van der Waals surface area contributed by atoms with Gasteiger partial charge in [0.1, 0.15) is 30.5 Å². The highest BCUT2D eigenvalue weighted by atomic mass is 16.5. The van der Waals surface area contributed by atoms with E-state index >= 15 is 0 Å². The second kappa shape index (κ2) is 13.3. The Hall–Kier alpha value is -3.41. The lowest BCUT2D eigenvalue weighted by Crippen LogP contribution is -2.38. The molecule has 40 heavy (non-hydrogen) atoms. The molecule has 6 heteroatoms. The molecule has 1 saturated heterocycles. The van der Waals surface area contributed by atoms with Crippen molar-refractivity contribution in [2.75, 3.05) is 31.2 Å². The van der Waals surface area contributed by atoms with E-state index in [1.807, 2.05) is 31.3 Å². The lowest BCUT2D eigenvalue weighted by molar-refractivity contribution is -0.118. The lowest BCUT2D eigenvalue weighted by Gasteiger charge is -2.40. The number of pyridine rings is 2. The number of carbonyl (C=O) groups is 1. The molecule has 0 aliphatic carbocycles. The Morgan fingerprint density at radius 2 is 1.73 bits per heavy atom. The molecule has 1 aliphatic heterocycles. The van der Waals surface area contributed by atoms with E-state index in [0.717, 1.165) is 72.7 Å². The zero-order valence-corrected chi connectivity index (χ0v) is 25.2. The fraction of sp³-hybridized carbons (Fsp3) is 0.500. The molecule has 2 aromatic heterocycles. The van der Waals surface area contributed by atoms with Crippen LogP contribution in [0.5, 0.6) is 11.5 Å². The van der Waals surface area contributed by atoms with Crippen molar-refractivity contribution in [3.63, 3.8) is 0 Å². The summed E-state index contributed by atoms with van der Waals surface area (Å²) < 4.78 is 11.9. The van der Waals surface area contributed by atoms with Crippen LogP contribution in [0.1, 0.15) is 75.8 Å². The first kappa shape index (κ1) is 29.6. The third kappa shape index (κ3) is 7.41. The molecule has 0 spiro atoms. The molecule has 1 fully saturated rings. The van der Waals surface area contributed by atoms with Crippen molar-refractivity contribution in [3.05, 3.63) is 65.1 Å². The van der Waals surface area contributed by atoms with Gasteiger partial charge in [-0.25, -0.2) is 0 Å². The standard InChI is InChI=1S/C34H45N3O3/c1-7-9-27(38)21-29-25(4)35-23-30(33(29)37-16-14-34(5,6)15-17-37)31-12-11-28(22-36-31)39-18-19-40-32-13-10-24(3)20-26(32)8-2/h10-13,20,22-23H,7-9,14-19,21H2,1-6H3. The Bertz CT molecular complexity index is 1290. The summed E-state index contributed by atoms with van der Waals surface area (Å²) in [6.07, 6.45) is 8.71. The Balaban J connectivity index is 1.51. The molecule has 0 radical (unpaired) electrons. The van der Waals surface area contributed by atoms with E-state index in [1.165, 1.54) is 11.1 Å². The number of hydrogen-bond acceptors (Lipinski definition) is 6. The summed E-state index contributed by atoms with van der Waals surface area (Å²) >= 11 is 0. The van der Waals surface area contributed by atoms with Gasteiger partial charge in [0.25, 0.3) is 0 Å². The molecule has 3 aromatic rings. The molecule has 3 heterocycles. The van der Waals surface area contributed by atoms with E-state index in [9.17, 15) is 4.79 Å². The maximum Gasteiger partial charge on any atom is 0.137 e. The zero-order valence-electron chi connectivity index (χ0n) is 25.2. The molecule has 1 aliphatic rings. The number of benzene rings is 1. The van der Waals surface area contributed by atoms with Crippen molar-refractivity contribution in [3.8, 4) is 22.8 Å². The molecule has 0 N–H and O–H groups in total. The molecular formula is C34H45N3O3. The third-order valence-electron chi connectivity index (χ3n) is 7.92. The third-order valence-corrected chi connectivity index (χ3v) is 7.92. The van der Waals surface area contributed by atoms with E-state index in [0.29, 0.717) is 37.2 Å². The predicted molar refractivity (Wildman–Crippen MR) is 163 cm³/mol. The topological polar surface area (TPSA) is 64.5 Å². The summed E-state index contributed by atoms with van der Waals surface area (Å²) in [4.78, 5) is 24.7. The van der Waals surface area contributed by atoms with Gasteiger partial charge in [-0.3, -0.25) is 14.8 Å². The van der Waals surface area contributed by atoms with E-state index in [1.54, 1.807) is 6.20 Å². The second-order valence-electron chi connectivity index (χ2n) is 11.7. The number of aryl methyl sites for hydroxylation is 3. The molecule has 0 atom stereocenters. The summed E-state index contributed by atoms with van der Waals surface area (Å²) in [5.74, 6) is 1.88. The van der Waals surface area contributed by atoms with Crippen LogP contribution in [0.15, 0.2) is 42.7 Å². The Morgan fingerprint density at radius 1 is 0.975 bits per heavy atom. The molecule has 0 unspecified atom stereocenters. The molecule has 0 saturated carbocycles. The van der Waals surface area contributed by atoms with Crippen LogP contribution in [0.3, 0.4) is 0 Å². The van der Waals surface area contributed by atoms with Crippen LogP contribution in [0.25, 0.3) is 11.3 Å². The fourth-order valence-corrected chi connectivity index (χ4v) is 5.36. The average molecular weight is 544 g/mol. The molecule has 0 amide bonds. The lowest BCUT2D eigenvalue weighted by atomic mass is 9.82. The number of piperidine rings is 1. The Morgan fingerprint density at radius 3 is 2.40 bits per heavy atom. The van der Waals surface area contributed by atoms with Crippen LogP contribution in [-0.4, -0.2) is 42.1 Å². The van der Waals surface area contributed by atoms with Crippen molar-refractivity contribution >= 4 is 11.5 Å². The normalized spacial score (nSPS) is 14.7. The Kier molecular flexibility index (Phi) is 9.83. The largest absolute Gasteiger partial charge is 0.490 e. The van der Waals surface area contributed by atoms with Crippen molar-refractivity contribution < 1.29 is 14.3 Å². The van der Waals surface area contributed by atoms with E-state index in [4.69, 9.17) is 19.4 Å². The van der Waals surface area contributed by atoms with Crippen LogP contribution in [0.4, 0.5) is 5.69 Å². The van der Waals surface area contributed by atoms with Crippen LogP contribution in [-0.2, 0) is 17.6 Å². The number of ketones is 1. The first-order valence-electron chi connectivity index (χ1n) is 14.8. The second-order valence-corrected chi connectivity index (χ2v) is 11.7. The van der Waals surface area contributed by atoms with Gasteiger partial charge < -0.3 is 14.4 Å². The summed E-state index contributed by atoms with van der Waals surface area (Å²) in [5, 5.41) is 0. The van der Waals surface area contributed by atoms with E-state index < -0.39 is 0 Å². The summed E-state index contributed by atoms with van der Waals surface area (Å²) in [6.45, 7) is 15.8. The van der Waals surface area contributed by atoms with Gasteiger partial charge in [0.2, 0.25) is 0 Å². The number of carbonyl (C=O) groups excluding carboxylic acids is 1. The number of Topliss-reactive ketones (excluding diaryl/α,β-unsaturated/α-hetero) is 1. The highest BCUT2D eigenvalue weighted by molar-refractivity contribution is 5.87. The molecule has 4 rings (SSSR count). The van der Waals surface area contributed by atoms with Gasteiger partial charge in [0.15, 0.2) is 0 Å². The smallest absolute Gasteiger partial charge is 0.137 e. The molecule has 214 valence electrons. The van der Waals surface area contributed by atoms with Crippen molar-refractivity contribution in [2.24, 2.45) is 5.41 Å². The van der Waals surface area contributed by atoms with Gasteiger partial charge in [0, 0.05) is 48.9 Å². The minimum atomic E-state index is 0.263. The van der Waals surface area contributed by atoms with E-state index in [2.05, 4.69) is 51.7 Å². The van der Waals surface area contributed by atoms with Crippen LogP contribution < -0.4 is 14.4 Å². The van der Waals surface area contributed by atoms with Crippen LogP contribution in [0.2, 0.25) is 0 Å². The average Bonchev–Trinajstić information content (AvgIpc) is 2.93. The summed E-state index contributed by atoms with van der Waals surface area (Å²) in [5.41, 5.74) is 7.68. The van der Waals surface area contributed by atoms with Gasteiger partial charge in [-0.1, -0.05) is 45.4 Å². The SMILES string of the molecule is CCCC(=O)Cc1c(C)ncc(-c2ccc(OCCOc3ccc(C)cc3CC)cn2)c1N1CCC(C)(C)CC1. The number of hydrogen-bond donors (Lipinski definition) is 0. The highest BCUT2D eigenvalue weighted by Gasteiger charge is 2.29. The minimum Gasteiger partial charge on any atom is -0.490 e. The fourth-order valence-electron chi connectivity index (χ4n) is 5.36. The monoisotopic (exact) mass is 543 g/mol. The summed E-state index contributed by atoms with van der Waals surface area (Å²) in [7, 11) is 0. The first-order valence-corrected chi connectivity index (χ1v) is 14.8. The molecular weight excluding hydrogens is 498 g/mol. The first-order chi connectivity index (χ1) is 19.2. The molecule has 6 nitrogen and oxygen atoms in total. The quantitative estimate of drug-likeness (QED) is 0.223. The van der Waals surface area contributed by atoms with Gasteiger partial charge in [0.05, 0.1) is 17.6 Å². The van der Waals surface area contributed by atoms with Gasteiger partial charge in [-0.2, -0.15) is 0 Å². The summed E-state index contributed by atoms with van der Waals surface area (Å²) in [6, 6.07) is 10.2. The van der Waals surface area contributed by atoms with Crippen LogP contribution in [0, 0.1) is 19.3 Å². The Labute approximate surface area is 240 Å². The highest BCUT2D eigenvalue weighted by Crippen LogP contribution is 2.39. The maximum absolute atomic E-state index is 12.8. The maximum atomic E-state index is 12.8. The number of anilines is 1. The zero-order chi connectivity index (χ0) is 28.7. The number of nitrogens with zero attached hydrogens (tertiary/aromatic N) is 3. The molecule has 1 aromatic carbocycles. The van der Waals surface area contributed by atoms with E-state index in [-0.39, 0.29) is 5.78 Å². The minimum absolute atomic E-state index is 0.263. The van der Waals surface area contributed by atoms with Gasteiger partial charge in [-0.15, -0.1) is 0 Å². The van der Waals surface area contributed by atoms with Crippen molar-refractivity contribution in [1.82, 2.24) is 9.97 Å². The number of rotatable bonds is 12. The van der Waals surface area contributed by atoms with Crippen molar-refractivity contribution in [1.29, 1.82) is 0 Å². The number of aromatic nitrogens is 2. The van der Waals surface area contributed by atoms with Gasteiger partial charge >= 0.3 is 0 Å². The predicted octanol–water partition coefficient (Wildman–Crippen LogP) is 7.32. The molecule has 0 bridgehead atoms. The van der Waals surface area contributed by atoms with Crippen LogP contribution >= 0.6 is 0 Å². The number of ether oxygens (including phenoxy) is 2. The van der Waals surface area contributed by atoms with Gasteiger partial charge in [-0.05, 0) is 68.7 Å². The van der Waals surface area contributed by atoms with Crippen molar-refractivity contribution in [2.45, 2.75) is 80.1 Å².